The van der Waals surface area contributed by atoms with Crippen LogP contribution in [0.15, 0.2) is 42.7 Å². The highest BCUT2D eigenvalue weighted by molar-refractivity contribution is 6.04. The molecular formula is C25H28FN3O3. The van der Waals surface area contributed by atoms with Crippen molar-refractivity contribution in [1.29, 1.82) is 0 Å². The minimum absolute atomic E-state index is 0.0490. The fourth-order valence-corrected chi connectivity index (χ4v) is 4.51. The van der Waals surface area contributed by atoms with Gasteiger partial charge >= 0.3 is 0 Å². The van der Waals surface area contributed by atoms with Crippen LogP contribution in [0.3, 0.4) is 0 Å². The zero-order valence-electron chi connectivity index (χ0n) is 18.9. The Morgan fingerprint density at radius 3 is 2.75 bits per heavy atom. The van der Waals surface area contributed by atoms with E-state index >= 15 is 0 Å². The van der Waals surface area contributed by atoms with Gasteiger partial charge in [-0.3, -0.25) is 9.78 Å². The number of hydrogen-bond donors (Lipinski definition) is 1. The molecule has 1 aliphatic heterocycles. The zero-order chi connectivity index (χ0) is 22.9. The van der Waals surface area contributed by atoms with E-state index in [9.17, 15) is 9.18 Å². The molecule has 3 heterocycles. The third-order valence-electron chi connectivity index (χ3n) is 5.69. The van der Waals surface area contributed by atoms with Gasteiger partial charge in [0, 0.05) is 41.5 Å². The quantitative estimate of drug-likeness (QED) is 0.567. The van der Waals surface area contributed by atoms with Crippen LogP contribution in [0.4, 0.5) is 4.39 Å². The number of pyridine rings is 1. The summed E-state index contributed by atoms with van der Waals surface area (Å²) in [5.74, 6) is 1.000. The van der Waals surface area contributed by atoms with Crippen molar-refractivity contribution in [2.45, 2.75) is 39.3 Å². The van der Waals surface area contributed by atoms with E-state index in [2.05, 4.69) is 17.2 Å². The second kappa shape index (κ2) is 8.65. The molecule has 0 fully saturated rings. The van der Waals surface area contributed by atoms with Gasteiger partial charge in [0.25, 0.3) is 5.91 Å². The molecule has 1 aromatic carbocycles. The van der Waals surface area contributed by atoms with Crippen LogP contribution >= 0.6 is 0 Å². The fourth-order valence-electron chi connectivity index (χ4n) is 4.51. The van der Waals surface area contributed by atoms with Crippen LogP contribution in [0.1, 0.15) is 43.2 Å². The van der Waals surface area contributed by atoms with Gasteiger partial charge in [-0.05, 0) is 32.4 Å². The molecule has 0 bridgehead atoms. The van der Waals surface area contributed by atoms with Crippen molar-refractivity contribution in [3.63, 3.8) is 0 Å². The summed E-state index contributed by atoms with van der Waals surface area (Å²) in [6, 6.07) is 9.53. The van der Waals surface area contributed by atoms with Crippen LogP contribution in [-0.4, -0.2) is 35.8 Å². The highest BCUT2D eigenvalue weighted by Crippen LogP contribution is 2.52. The number of alkyl halides is 1. The van der Waals surface area contributed by atoms with Gasteiger partial charge in [-0.1, -0.05) is 25.1 Å². The van der Waals surface area contributed by atoms with Crippen molar-refractivity contribution >= 4 is 5.91 Å². The van der Waals surface area contributed by atoms with Crippen LogP contribution in [-0.2, 0) is 12.1 Å². The average molecular weight is 438 g/mol. The lowest BCUT2D eigenvalue weighted by Crippen LogP contribution is -2.30. The van der Waals surface area contributed by atoms with Crippen LogP contribution in [0.2, 0.25) is 0 Å². The highest BCUT2D eigenvalue weighted by Gasteiger charge is 2.42. The molecule has 1 amide bonds. The summed E-state index contributed by atoms with van der Waals surface area (Å²) in [5.41, 5.74) is 3.98. The number of para-hydroxylation sites is 1. The number of benzene rings is 1. The molecule has 3 aromatic rings. The summed E-state index contributed by atoms with van der Waals surface area (Å²) in [6.07, 6.45) is 4.24. The molecule has 6 nitrogen and oxygen atoms in total. The van der Waals surface area contributed by atoms with E-state index in [0.717, 1.165) is 34.4 Å². The molecule has 32 heavy (non-hydrogen) atoms. The Balaban J connectivity index is 2.14. The number of ether oxygens (including phenoxy) is 2. The van der Waals surface area contributed by atoms with E-state index in [-0.39, 0.29) is 12.5 Å². The maximum atomic E-state index is 13.4. The first-order valence-electron chi connectivity index (χ1n) is 10.8. The molecule has 4 rings (SSSR count). The Morgan fingerprint density at radius 2 is 2.03 bits per heavy atom. The van der Waals surface area contributed by atoms with Gasteiger partial charge in [0.15, 0.2) is 0 Å². The smallest absolute Gasteiger partial charge is 0.268 e. The van der Waals surface area contributed by atoms with E-state index in [1.165, 1.54) is 0 Å². The molecule has 0 radical (unpaired) electrons. The maximum absolute atomic E-state index is 13.4. The number of hydrogen-bond acceptors (Lipinski definition) is 4. The first-order valence-corrected chi connectivity index (χ1v) is 10.8. The van der Waals surface area contributed by atoms with Crippen molar-refractivity contribution in [1.82, 2.24) is 14.9 Å². The Morgan fingerprint density at radius 1 is 1.25 bits per heavy atom. The second-order valence-corrected chi connectivity index (χ2v) is 8.23. The SMILES string of the molecule is CCCn1c(C(=O)NCCF)c(-c2ccccc2OC)c2c1-c1ccncc1OC2(C)C. The number of nitrogens with zero attached hydrogens (tertiary/aromatic N) is 2. The Hall–Kier alpha value is -3.35. The third-order valence-corrected chi connectivity index (χ3v) is 5.69. The standard InChI is InChI=1S/C25H28FN3O3/c1-5-14-29-22-17-10-12-27-15-19(17)32-25(2,3)21(22)20(23(29)24(30)28-13-11-26)16-8-6-7-9-18(16)31-4/h6-10,12,15H,5,11,13-14H2,1-4H3,(H,28,30). The normalized spacial score (nSPS) is 13.7. The van der Waals surface area contributed by atoms with Gasteiger partial charge < -0.3 is 19.4 Å². The molecule has 7 heteroatoms. The lowest BCUT2D eigenvalue weighted by Gasteiger charge is -2.34. The van der Waals surface area contributed by atoms with E-state index < -0.39 is 12.3 Å². The molecule has 1 N–H and O–H groups in total. The summed E-state index contributed by atoms with van der Waals surface area (Å²) in [5, 5.41) is 2.73. The molecule has 0 aliphatic carbocycles. The predicted octanol–water partition coefficient (Wildman–Crippen LogP) is 4.96. The van der Waals surface area contributed by atoms with E-state index in [1.807, 2.05) is 48.7 Å². The summed E-state index contributed by atoms with van der Waals surface area (Å²) in [4.78, 5) is 17.7. The van der Waals surface area contributed by atoms with Crippen LogP contribution < -0.4 is 14.8 Å². The number of carbonyl (C=O) groups excluding carboxylic acids is 1. The second-order valence-electron chi connectivity index (χ2n) is 8.23. The molecule has 168 valence electrons. The number of methoxy groups -OCH3 is 1. The van der Waals surface area contributed by atoms with Gasteiger partial charge in [-0.25, -0.2) is 4.39 Å². The summed E-state index contributed by atoms with van der Waals surface area (Å²) < 4.78 is 27.0. The Labute approximate surface area is 187 Å². The van der Waals surface area contributed by atoms with Gasteiger partial charge in [-0.2, -0.15) is 0 Å². The molecule has 2 aromatic heterocycles. The van der Waals surface area contributed by atoms with E-state index in [1.54, 1.807) is 19.5 Å². The van der Waals surface area contributed by atoms with Crippen molar-refractivity contribution < 1.29 is 18.7 Å². The zero-order valence-corrected chi connectivity index (χ0v) is 18.9. The largest absolute Gasteiger partial charge is 0.496 e. The number of nitrogens with one attached hydrogen (secondary N) is 1. The lowest BCUT2D eigenvalue weighted by molar-refractivity contribution is 0.0942. The number of aromatic nitrogens is 2. The van der Waals surface area contributed by atoms with Gasteiger partial charge in [-0.15, -0.1) is 0 Å². The molecular weight excluding hydrogens is 409 g/mol. The van der Waals surface area contributed by atoms with Crippen LogP contribution in [0, 0.1) is 0 Å². The van der Waals surface area contributed by atoms with Crippen LogP contribution in [0.25, 0.3) is 22.4 Å². The van der Waals surface area contributed by atoms with Crippen molar-refractivity contribution in [3.05, 3.63) is 54.0 Å². The monoisotopic (exact) mass is 437 g/mol. The van der Waals surface area contributed by atoms with E-state index in [4.69, 9.17) is 9.47 Å². The first kappa shape index (κ1) is 21.9. The number of fused-ring (bicyclic) bond motifs is 3. The summed E-state index contributed by atoms with van der Waals surface area (Å²) >= 11 is 0. The van der Waals surface area contributed by atoms with Crippen molar-refractivity contribution in [2.75, 3.05) is 20.3 Å². The topological polar surface area (TPSA) is 65.4 Å². The molecule has 0 unspecified atom stereocenters. The number of rotatable bonds is 7. The van der Waals surface area contributed by atoms with Crippen molar-refractivity contribution in [2.24, 2.45) is 0 Å². The molecule has 0 saturated carbocycles. The van der Waals surface area contributed by atoms with Crippen LogP contribution in [0.5, 0.6) is 11.5 Å². The molecule has 0 atom stereocenters. The summed E-state index contributed by atoms with van der Waals surface area (Å²) in [7, 11) is 1.61. The Bertz CT molecular complexity index is 1150. The van der Waals surface area contributed by atoms with Crippen molar-refractivity contribution in [3.8, 4) is 33.9 Å². The van der Waals surface area contributed by atoms with E-state index in [0.29, 0.717) is 23.7 Å². The van der Waals surface area contributed by atoms with Gasteiger partial charge in [0.1, 0.15) is 29.5 Å². The summed E-state index contributed by atoms with van der Waals surface area (Å²) in [6.45, 7) is 5.98. The maximum Gasteiger partial charge on any atom is 0.268 e. The lowest BCUT2D eigenvalue weighted by atomic mass is 9.85. The molecule has 0 saturated heterocycles. The number of halogens is 1. The number of amides is 1. The van der Waals surface area contributed by atoms with Gasteiger partial charge in [0.2, 0.25) is 0 Å². The Kier molecular flexibility index (Phi) is 5.91. The first-order chi connectivity index (χ1) is 15.4. The average Bonchev–Trinajstić information content (AvgIpc) is 3.13. The minimum Gasteiger partial charge on any atom is -0.496 e. The molecule has 1 aliphatic rings. The predicted molar refractivity (Wildman–Crippen MR) is 122 cm³/mol. The molecule has 0 spiro atoms. The minimum atomic E-state index is -0.740. The third kappa shape index (κ3) is 3.51. The van der Waals surface area contributed by atoms with Gasteiger partial charge in [0.05, 0.1) is 19.0 Å². The fraction of sp³-hybridized carbons (Fsp3) is 0.360. The number of carbonyl (C=O) groups is 1. The highest BCUT2D eigenvalue weighted by atomic mass is 19.1.